The number of aromatic nitrogens is 1. The van der Waals surface area contributed by atoms with Crippen molar-refractivity contribution < 1.29 is 4.74 Å². The van der Waals surface area contributed by atoms with Gasteiger partial charge >= 0.3 is 0 Å². The van der Waals surface area contributed by atoms with Crippen LogP contribution in [0.5, 0.6) is 0 Å². The lowest BCUT2D eigenvalue weighted by Crippen LogP contribution is -2.36. The molecule has 1 unspecified atom stereocenters. The van der Waals surface area contributed by atoms with Crippen LogP contribution in [0.3, 0.4) is 0 Å². The molecular formula is C20H30N2O. The van der Waals surface area contributed by atoms with Crippen molar-refractivity contribution in [1.29, 1.82) is 0 Å². The van der Waals surface area contributed by atoms with Gasteiger partial charge in [0.2, 0.25) is 0 Å². The highest BCUT2D eigenvalue weighted by Crippen LogP contribution is 2.38. The maximum atomic E-state index is 6.20. The lowest BCUT2D eigenvalue weighted by atomic mass is 9.90. The van der Waals surface area contributed by atoms with Gasteiger partial charge in [0.1, 0.15) is 5.60 Å². The molecule has 1 aromatic heterocycles. The number of unbranched alkanes of at least 4 members (excludes halogenated alkanes) is 3. The fourth-order valence-corrected chi connectivity index (χ4v) is 3.69. The molecule has 2 N–H and O–H groups in total. The van der Waals surface area contributed by atoms with E-state index in [9.17, 15) is 0 Å². The van der Waals surface area contributed by atoms with E-state index >= 15 is 0 Å². The molecule has 0 saturated heterocycles. The van der Waals surface area contributed by atoms with E-state index in [2.05, 4.69) is 48.4 Å². The van der Waals surface area contributed by atoms with Crippen LogP contribution in [0.2, 0.25) is 0 Å². The average molecular weight is 314 g/mol. The zero-order valence-electron chi connectivity index (χ0n) is 14.6. The first-order chi connectivity index (χ1) is 11.2. The first-order valence-corrected chi connectivity index (χ1v) is 9.19. The van der Waals surface area contributed by atoms with E-state index in [0.29, 0.717) is 0 Å². The second-order valence-corrected chi connectivity index (χ2v) is 6.91. The van der Waals surface area contributed by atoms with Gasteiger partial charge in [0.25, 0.3) is 0 Å². The zero-order valence-corrected chi connectivity index (χ0v) is 14.6. The normalized spacial score (nSPS) is 20.8. The topological polar surface area (TPSA) is 37.0 Å². The Morgan fingerprint density at radius 3 is 2.91 bits per heavy atom. The van der Waals surface area contributed by atoms with Crippen LogP contribution in [0.1, 0.15) is 57.2 Å². The third-order valence-corrected chi connectivity index (χ3v) is 5.10. The quantitative estimate of drug-likeness (QED) is 0.703. The molecule has 0 amide bonds. The number of ether oxygens (including phenoxy) is 1. The van der Waals surface area contributed by atoms with Crippen LogP contribution >= 0.6 is 0 Å². The second-order valence-electron chi connectivity index (χ2n) is 6.91. The van der Waals surface area contributed by atoms with Crippen molar-refractivity contribution in [3.05, 3.63) is 35.5 Å². The van der Waals surface area contributed by atoms with Crippen LogP contribution in [-0.2, 0) is 16.8 Å². The Hall–Kier alpha value is -1.32. The monoisotopic (exact) mass is 314 g/mol. The van der Waals surface area contributed by atoms with E-state index in [1.807, 2.05) is 0 Å². The number of rotatable bonds is 8. The maximum Gasteiger partial charge on any atom is 0.106 e. The van der Waals surface area contributed by atoms with Gasteiger partial charge in [-0.25, -0.2) is 0 Å². The molecule has 2 heterocycles. The number of hydrogen-bond donors (Lipinski definition) is 2. The summed E-state index contributed by atoms with van der Waals surface area (Å²) in [6, 6.07) is 8.61. The third kappa shape index (κ3) is 3.61. The van der Waals surface area contributed by atoms with Crippen molar-refractivity contribution in [3.8, 4) is 0 Å². The molecule has 1 atom stereocenters. The lowest BCUT2D eigenvalue weighted by molar-refractivity contribution is -0.0541. The minimum Gasteiger partial charge on any atom is -0.369 e. The zero-order chi connectivity index (χ0) is 16.1. The van der Waals surface area contributed by atoms with E-state index in [1.165, 1.54) is 47.8 Å². The fourth-order valence-electron chi connectivity index (χ4n) is 3.69. The molecule has 0 saturated carbocycles. The highest BCUT2D eigenvalue weighted by atomic mass is 16.5. The summed E-state index contributed by atoms with van der Waals surface area (Å²) in [4.78, 5) is 3.62. The molecule has 0 radical (unpaired) electrons. The van der Waals surface area contributed by atoms with Crippen LogP contribution in [0.15, 0.2) is 24.3 Å². The summed E-state index contributed by atoms with van der Waals surface area (Å²) in [6.45, 7) is 7.45. The van der Waals surface area contributed by atoms with E-state index in [0.717, 1.165) is 32.5 Å². The van der Waals surface area contributed by atoms with Gasteiger partial charge in [0.05, 0.1) is 12.3 Å². The number of fused-ring (bicyclic) bond motifs is 3. The SMILES string of the molecule is CCCCCCNCCC1(C)OCCc2c1[nH]c1ccccc21. The summed E-state index contributed by atoms with van der Waals surface area (Å²) < 4.78 is 6.20. The number of H-pyrrole nitrogens is 1. The van der Waals surface area contributed by atoms with Gasteiger partial charge in [-0.15, -0.1) is 0 Å². The molecule has 0 spiro atoms. The fraction of sp³-hybridized carbons (Fsp3) is 0.600. The van der Waals surface area contributed by atoms with E-state index in [1.54, 1.807) is 0 Å². The molecule has 23 heavy (non-hydrogen) atoms. The van der Waals surface area contributed by atoms with Crippen molar-refractivity contribution in [1.82, 2.24) is 10.3 Å². The van der Waals surface area contributed by atoms with Gasteiger partial charge in [-0.3, -0.25) is 0 Å². The Morgan fingerprint density at radius 1 is 1.17 bits per heavy atom. The van der Waals surface area contributed by atoms with Crippen molar-refractivity contribution in [3.63, 3.8) is 0 Å². The molecular weight excluding hydrogens is 284 g/mol. The van der Waals surface area contributed by atoms with Crippen molar-refractivity contribution in [2.45, 2.75) is 58.0 Å². The number of benzene rings is 1. The molecule has 3 nitrogen and oxygen atoms in total. The van der Waals surface area contributed by atoms with Gasteiger partial charge in [-0.1, -0.05) is 44.4 Å². The van der Waals surface area contributed by atoms with Gasteiger partial charge in [-0.2, -0.15) is 0 Å². The predicted molar refractivity (Wildman–Crippen MR) is 96.9 cm³/mol. The predicted octanol–water partition coefficient (Wildman–Crippen LogP) is 4.52. The summed E-state index contributed by atoms with van der Waals surface area (Å²) in [6.07, 6.45) is 7.29. The van der Waals surface area contributed by atoms with Crippen LogP contribution in [0.4, 0.5) is 0 Å². The second kappa shape index (κ2) is 7.50. The molecule has 0 aliphatic carbocycles. The standard InChI is InChI=1S/C20H30N2O/c1-3-4-5-8-13-21-14-12-20(2)19-17(11-15-23-20)16-9-6-7-10-18(16)22-19/h6-7,9-10,21-22H,3-5,8,11-15H2,1-2H3. The third-order valence-electron chi connectivity index (χ3n) is 5.10. The molecule has 2 aromatic rings. The molecule has 1 aliphatic rings. The van der Waals surface area contributed by atoms with Crippen LogP contribution in [-0.4, -0.2) is 24.7 Å². The number of nitrogens with one attached hydrogen (secondary N) is 2. The smallest absolute Gasteiger partial charge is 0.106 e. The van der Waals surface area contributed by atoms with Gasteiger partial charge in [-0.05, 0) is 50.9 Å². The Bertz CT molecular complexity index is 634. The number of hydrogen-bond acceptors (Lipinski definition) is 2. The number of para-hydroxylation sites is 1. The summed E-state index contributed by atoms with van der Waals surface area (Å²) in [7, 11) is 0. The molecule has 0 fully saturated rings. The number of aromatic amines is 1. The molecule has 1 aromatic carbocycles. The van der Waals surface area contributed by atoms with Gasteiger partial charge in [0, 0.05) is 10.9 Å². The minimum absolute atomic E-state index is 0.191. The molecule has 3 heteroatoms. The lowest BCUT2D eigenvalue weighted by Gasteiger charge is -2.34. The highest BCUT2D eigenvalue weighted by Gasteiger charge is 2.35. The van der Waals surface area contributed by atoms with Crippen molar-refractivity contribution >= 4 is 10.9 Å². The van der Waals surface area contributed by atoms with Crippen LogP contribution < -0.4 is 5.32 Å². The van der Waals surface area contributed by atoms with Crippen molar-refractivity contribution in [2.75, 3.05) is 19.7 Å². The Kier molecular flexibility index (Phi) is 5.39. The maximum absolute atomic E-state index is 6.20. The highest BCUT2D eigenvalue weighted by molar-refractivity contribution is 5.85. The van der Waals surface area contributed by atoms with Crippen molar-refractivity contribution in [2.24, 2.45) is 0 Å². The molecule has 3 rings (SSSR count). The van der Waals surface area contributed by atoms with Crippen LogP contribution in [0, 0.1) is 0 Å². The van der Waals surface area contributed by atoms with Gasteiger partial charge in [0.15, 0.2) is 0 Å². The first kappa shape index (κ1) is 16.5. The van der Waals surface area contributed by atoms with Crippen LogP contribution in [0.25, 0.3) is 10.9 Å². The largest absolute Gasteiger partial charge is 0.369 e. The minimum atomic E-state index is -0.191. The summed E-state index contributed by atoms with van der Waals surface area (Å²) >= 11 is 0. The average Bonchev–Trinajstić information content (AvgIpc) is 2.95. The Morgan fingerprint density at radius 2 is 2.04 bits per heavy atom. The van der Waals surface area contributed by atoms with E-state index < -0.39 is 0 Å². The first-order valence-electron chi connectivity index (χ1n) is 9.19. The Balaban J connectivity index is 1.62. The molecule has 0 bridgehead atoms. The van der Waals surface area contributed by atoms with E-state index in [-0.39, 0.29) is 5.60 Å². The van der Waals surface area contributed by atoms with E-state index in [4.69, 9.17) is 4.74 Å². The molecule has 126 valence electrons. The Labute approximate surface area is 139 Å². The summed E-state index contributed by atoms with van der Waals surface area (Å²) in [5.74, 6) is 0. The summed E-state index contributed by atoms with van der Waals surface area (Å²) in [5.41, 5.74) is 3.79. The van der Waals surface area contributed by atoms with Gasteiger partial charge < -0.3 is 15.0 Å². The summed E-state index contributed by atoms with van der Waals surface area (Å²) in [5, 5.41) is 4.95. The molecule has 1 aliphatic heterocycles.